The Kier molecular flexibility index (Phi) is 5.64. The largest absolute Gasteiger partial charge is 0.394 e. The molecule has 2 amide bonds. The van der Waals surface area contributed by atoms with Gasteiger partial charge < -0.3 is 16.2 Å². The maximum Gasteiger partial charge on any atom is 0.324 e. The van der Waals surface area contributed by atoms with Crippen molar-refractivity contribution in [2.24, 2.45) is 11.7 Å². The number of nitrogens with one attached hydrogen (secondary N) is 2. The lowest BCUT2D eigenvalue weighted by Gasteiger charge is -2.20. The van der Waals surface area contributed by atoms with E-state index >= 15 is 0 Å². The fourth-order valence-corrected chi connectivity index (χ4v) is 4.75. The van der Waals surface area contributed by atoms with E-state index in [0.29, 0.717) is 16.6 Å². The van der Waals surface area contributed by atoms with Crippen LogP contribution in [0.15, 0.2) is 24.3 Å². The van der Waals surface area contributed by atoms with Crippen LogP contribution in [0.1, 0.15) is 35.4 Å². The summed E-state index contributed by atoms with van der Waals surface area (Å²) >= 11 is 7.42. The third-order valence-corrected chi connectivity index (χ3v) is 5.89. The van der Waals surface area contributed by atoms with Gasteiger partial charge in [0.25, 0.3) is 0 Å². The first kappa shape index (κ1) is 18.2. The Bertz CT molecular complexity index is 760. The zero-order valence-corrected chi connectivity index (χ0v) is 15.6. The fourth-order valence-electron chi connectivity index (χ4n) is 3.15. The molecule has 3 rings (SSSR count). The highest BCUT2D eigenvalue weighted by Gasteiger charge is 2.27. The van der Waals surface area contributed by atoms with Crippen molar-refractivity contribution in [3.8, 4) is 0 Å². The number of nitrogens with two attached hydrogens (primary N) is 1. The van der Waals surface area contributed by atoms with Gasteiger partial charge in [0.2, 0.25) is 0 Å². The van der Waals surface area contributed by atoms with Crippen LogP contribution in [0.2, 0.25) is 5.02 Å². The maximum atomic E-state index is 12.4. The van der Waals surface area contributed by atoms with Gasteiger partial charge in [0.15, 0.2) is 0 Å². The minimum Gasteiger partial charge on any atom is -0.394 e. The summed E-state index contributed by atoms with van der Waals surface area (Å²) in [5.74, 6) is 0.625. The van der Waals surface area contributed by atoms with Crippen LogP contribution in [0.25, 0.3) is 0 Å². The van der Waals surface area contributed by atoms with Gasteiger partial charge in [-0.2, -0.15) is 0 Å². The number of thiophene rings is 1. The van der Waals surface area contributed by atoms with E-state index in [1.807, 2.05) is 0 Å². The zero-order chi connectivity index (χ0) is 18.0. The van der Waals surface area contributed by atoms with Gasteiger partial charge in [0.1, 0.15) is 5.00 Å². The fraction of sp³-hybridized carbons (Fsp3) is 0.389. The Morgan fingerprint density at radius 1 is 1.40 bits per heavy atom. The van der Waals surface area contributed by atoms with Crippen LogP contribution in [0.3, 0.4) is 0 Å². The first-order valence-corrected chi connectivity index (χ1v) is 9.51. The number of aliphatic hydroxyl groups is 1. The molecule has 0 saturated carbocycles. The van der Waals surface area contributed by atoms with Gasteiger partial charge in [-0.25, -0.2) is 4.79 Å². The van der Waals surface area contributed by atoms with Crippen LogP contribution in [0, 0.1) is 5.92 Å². The number of urea groups is 1. The van der Waals surface area contributed by atoms with E-state index in [1.54, 1.807) is 35.6 Å². The monoisotopic (exact) mass is 379 g/mol. The van der Waals surface area contributed by atoms with E-state index in [0.717, 1.165) is 29.8 Å². The SMILES string of the molecule is CC1CCc2c(sc(NC(=O)Nc3ccc(Cl)cc3)c2C(N)CO)C1. The zero-order valence-electron chi connectivity index (χ0n) is 14.0. The smallest absolute Gasteiger partial charge is 0.324 e. The Morgan fingerprint density at radius 2 is 2.12 bits per heavy atom. The van der Waals surface area contributed by atoms with Crippen molar-refractivity contribution in [1.82, 2.24) is 0 Å². The van der Waals surface area contributed by atoms with Gasteiger partial charge in [-0.1, -0.05) is 18.5 Å². The summed E-state index contributed by atoms with van der Waals surface area (Å²) in [5, 5.41) is 16.6. The number of aliphatic hydroxyl groups excluding tert-OH is 1. The van der Waals surface area contributed by atoms with E-state index in [4.69, 9.17) is 17.3 Å². The second-order valence-electron chi connectivity index (χ2n) is 6.47. The van der Waals surface area contributed by atoms with Gasteiger partial charge in [-0.05, 0) is 55.0 Å². The second-order valence-corrected chi connectivity index (χ2v) is 8.01. The Labute approximate surface area is 156 Å². The lowest BCUT2D eigenvalue weighted by atomic mass is 9.87. The summed E-state index contributed by atoms with van der Waals surface area (Å²) in [4.78, 5) is 13.6. The summed E-state index contributed by atoms with van der Waals surface area (Å²) < 4.78 is 0. The van der Waals surface area contributed by atoms with Gasteiger partial charge in [-0.15, -0.1) is 11.3 Å². The molecule has 2 unspecified atom stereocenters. The molecule has 134 valence electrons. The maximum absolute atomic E-state index is 12.4. The van der Waals surface area contributed by atoms with Crippen LogP contribution in [-0.2, 0) is 12.8 Å². The molecule has 25 heavy (non-hydrogen) atoms. The normalized spacial score (nSPS) is 17.7. The van der Waals surface area contributed by atoms with E-state index in [-0.39, 0.29) is 12.6 Å². The lowest BCUT2D eigenvalue weighted by Crippen LogP contribution is -2.23. The average molecular weight is 380 g/mol. The van der Waals surface area contributed by atoms with Crippen LogP contribution in [-0.4, -0.2) is 17.7 Å². The van der Waals surface area contributed by atoms with E-state index < -0.39 is 6.04 Å². The second kappa shape index (κ2) is 7.74. The molecule has 5 N–H and O–H groups in total. The quantitative estimate of drug-likeness (QED) is 0.643. The number of rotatable bonds is 4. The summed E-state index contributed by atoms with van der Waals surface area (Å²) in [5.41, 5.74) is 8.85. The average Bonchev–Trinajstić information content (AvgIpc) is 2.92. The van der Waals surface area contributed by atoms with Gasteiger partial charge in [-0.3, -0.25) is 5.32 Å². The summed E-state index contributed by atoms with van der Waals surface area (Å²) in [6, 6.07) is 6.09. The first-order valence-electron chi connectivity index (χ1n) is 8.32. The molecule has 0 bridgehead atoms. The Morgan fingerprint density at radius 3 is 2.80 bits per heavy atom. The van der Waals surface area contributed by atoms with Crippen LogP contribution in [0.5, 0.6) is 0 Å². The third kappa shape index (κ3) is 4.15. The molecule has 2 aromatic rings. The predicted molar refractivity (Wildman–Crippen MR) is 104 cm³/mol. The molecule has 5 nitrogen and oxygen atoms in total. The summed E-state index contributed by atoms with van der Waals surface area (Å²) in [7, 11) is 0. The number of hydrogen-bond donors (Lipinski definition) is 4. The molecule has 0 radical (unpaired) electrons. The molecule has 1 heterocycles. The van der Waals surface area contributed by atoms with Crippen molar-refractivity contribution >= 4 is 39.7 Å². The molecule has 1 aromatic heterocycles. The number of carbonyl (C=O) groups is 1. The van der Waals surface area contributed by atoms with Crippen LogP contribution < -0.4 is 16.4 Å². The van der Waals surface area contributed by atoms with Gasteiger partial charge >= 0.3 is 6.03 Å². The lowest BCUT2D eigenvalue weighted by molar-refractivity contribution is 0.261. The third-order valence-electron chi connectivity index (χ3n) is 4.45. The molecule has 0 aliphatic heterocycles. The van der Waals surface area contributed by atoms with Crippen molar-refractivity contribution in [3.63, 3.8) is 0 Å². The topological polar surface area (TPSA) is 87.4 Å². The van der Waals surface area contributed by atoms with E-state index in [1.165, 1.54) is 10.4 Å². The Balaban J connectivity index is 1.81. The number of anilines is 2. The number of benzene rings is 1. The summed E-state index contributed by atoms with van der Waals surface area (Å²) in [6.45, 7) is 2.08. The van der Waals surface area contributed by atoms with Gasteiger partial charge in [0.05, 0.1) is 12.6 Å². The van der Waals surface area contributed by atoms with Crippen LogP contribution >= 0.6 is 22.9 Å². The minimum atomic E-state index is -0.487. The number of carbonyl (C=O) groups excluding carboxylic acids is 1. The predicted octanol–water partition coefficient (Wildman–Crippen LogP) is 4.16. The molecule has 1 aromatic carbocycles. The molecule has 1 aliphatic rings. The minimum absolute atomic E-state index is 0.147. The molecule has 7 heteroatoms. The number of amides is 2. The van der Waals surface area contributed by atoms with Gasteiger partial charge in [0, 0.05) is 21.2 Å². The summed E-state index contributed by atoms with van der Waals surface area (Å²) in [6.07, 6.45) is 3.04. The Hall–Kier alpha value is -1.60. The van der Waals surface area contributed by atoms with Crippen molar-refractivity contribution < 1.29 is 9.90 Å². The van der Waals surface area contributed by atoms with Crippen molar-refractivity contribution in [3.05, 3.63) is 45.3 Å². The van der Waals surface area contributed by atoms with Crippen molar-refractivity contribution in [1.29, 1.82) is 0 Å². The molecular formula is C18H22ClN3O2S. The van der Waals surface area contributed by atoms with E-state index in [2.05, 4.69) is 17.6 Å². The molecule has 0 saturated heterocycles. The van der Waals surface area contributed by atoms with Crippen molar-refractivity contribution in [2.75, 3.05) is 17.2 Å². The molecule has 0 spiro atoms. The highest BCUT2D eigenvalue weighted by molar-refractivity contribution is 7.16. The standard InChI is InChI=1S/C18H22ClN3O2S/c1-10-2-7-13-15(8-10)25-17(16(13)14(20)9-23)22-18(24)21-12-5-3-11(19)4-6-12/h3-6,10,14,23H,2,7-9,20H2,1H3,(H2,21,22,24). The van der Waals surface area contributed by atoms with Crippen LogP contribution in [0.4, 0.5) is 15.5 Å². The highest BCUT2D eigenvalue weighted by atomic mass is 35.5. The number of halogens is 1. The number of fused-ring (bicyclic) bond motifs is 1. The van der Waals surface area contributed by atoms with Crippen molar-refractivity contribution in [2.45, 2.75) is 32.2 Å². The highest BCUT2D eigenvalue weighted by Crippen LogP contribution is 2.42. The first-order chi connectivity index (χ1) is 12.0. The number of hydrogen-bond acceptors (Lipinski definition) is 4. The molecule has 1 aliphatic carbocycles. The van der Waals surface area contributed by atoms with E-state index in [9.17, 15) is 9.90 Å². The molecule has 0 fully saturated rings. The molecule has 2 atom stereocenters. The molecular weight excluding hydrogens is 358 g/mol.